The van der Waals surface area contributed by atoms with Crippen molar-refractivity contribution in [2.24, 2.45) is 0 Å². The van der Waals surface area contributed by atoms with Gasteiger partial charge in [0.1, 0.15) is 5.00 Å². The van der Waals surface area contributed by atoms with Crippen LogP contribution in [0.2, 0.25) is 0 Å². The van der Waals surface area contributed by atoms with E-state index in [9.17, 15) is 0 Å². The molecule has 0 aliphatic rings. The van der Waals surface area contributed by atoms with Gasteiger partial charge in [0.15, 0.2) is 5.13 Å². The van der Waals surface area contributed by atoms with Crippen LogP contribution in [0.5, 0.6) is 0 Å². The monoisotopic (exact) mass is 215 g/mol. The molecule has 0 unspecified atom stereocenters. The van der Waals surface area contributed by atoms with Gasteiger partial charge in [-0.25, -0.2) is 4.98 Å². The van der Waals surface area contributed by atoms with Crippen molar-refractivity contribution in [1.82, 2.24) is 4.98 Å². The molecule has 1 aromatic rings. The number of methoxy groups -OCH3 is 1. The Hall–Kier alpha value is -0.810. The summed E-state index contributed by atoms with van der Waals surface area (Å²) in [5, 5.41) is 1.72. The van der Waals surface area contributed by atoms with Crippen LogP contribution in [-0.2, 0) is 4.74 Å². The number of nitrogens with zero attached hydrogens (tertiary/aromatic N) is 2. The Bertz CT molecular complexity index is 275. The Balaban J connectivity index is 2.67. The molecule has 0 spiro atoms. The maximum atomic E-state index is 5.64. The van der Waals surface area contributed by atoms with Gasteiger partial charge in [0.2, 0.25) is 0 Å². The molecule has 14 heavy (non-hydrogen) atoms. The molecule has 2 N–H and O–H groups in total. The number of ether oxygens (including phenoxy) is 1. The summed E-state index contributed by atoms with van der Waals surface area (Å²) in [6.45, 7) is 5.82. The van der Waals surface area contributed by atoms with Gasteiger partial charge in [-0.2, -0.15) is 0 Å². The fourth-order valence-corrected chi connectivity index (χ4v) is 2.02. The number of anilines is 2. The minimum Gasteiger partial charge on any atom is -0.389 e. The van der Waals surface area contributed by atoms with E-state index >= 15 is 0 Å². The van der Waals surface area contributed by atoms with Crippen LogP contribution < -0.4 is 10.6 Å². The maximum absolute atomic E-state index is 5.64. The molecule has 0 aromatic carbocycles. The quantitative estimate of drug-likeness (QED) is 0.810. The fraction of sp³-hybridized carbons (Fsp3) is 0.667. The second kappa shape index (κ2) is 5.17. The molecule has 0 atom stereocenters. The summed E-state index contributed by atoms with van der Waals surface area (Å²) in [6, 6.07) is 0.413. The molecule has 1 rings (SSSR count). The van der Waals surface area contributed by atoms with Crippen LogP contribution in [0.4, 0.5) is 10.1 Å². The molecule has 0 saturated heterocycles. The summed E-state index contributed by atoms with van der Waals surface area (Å²) >= 11 is 1.51. The second-order valence-electron chi connectivity index (χ2n) is 3.33. The lowest BCUT2D eigenvalue weighted by Gasteiger charge is -2.25. The zero-order valence-electron chi connectivity index (χ0n) is 8.86. The number of nitrogens with two attached hydrogens (primary N) is 1. The number of hydrogen-bond donors (Lipinski definition) is 1. The van der Waals surface area contributed by atoms with E-state index < -0.39 is 0 Å². The van der Waals surface area contributed by atoms with Crippen molar-refractivity contribution in [3.63, 3.8) is 0 Å². The summed E-state index contributed by atoms with van der Waals surface area (Å²) in [6.07, 6.45) is 1.70. The molecule has 1 heterocycles. The summed E-state index contributed by atoms with van der Waals surface area (Å²) in [5.41, 5.74) is 5.64. The van der Waals surface area contributed by atoms with Crippen molar-refractivity contribution in [1.29, 1.82) is 0 Å². The SMILES string of the molecule is COCCN(c1ncc(N)s1)C(C)C. The molecule has 1 aromatic heterocycles. The molecule has 0 fully saturated rings. The number of aromatic nitrogens is 1. The number of thiazole rings is 1. The van der Waals surface area contributed by atoms with E-state index in [1.165, 1.54) is 11.3 Å². The Labute approximate surface area is 88.7 Å². The molecule has 0 amide bonds. The van der Waals surface area contributed by atoms with E-state index in [1.54, 1.807) is 13.3 Å². The standard InChI is InChI=1S/C9H17N3OS/c1-7(2)12(4-5-13-3)9-11-6-8(10)14-9/h6-7H,4-5,10H2,1-3H3. The number of nitrogen functional groups attached to an aromatic ring is 1. The average Bonchev–Trinajstić information content (AvgIpc) is 2.52. The first-order chi connectivity index (χ1) is 6.65. The Morgan fingerprint density at radius 2 is 2.36 bits per heavy atom. The molecular formula is C9H17N3OS. The van der Waals surface area contributed by atoms with Gasteiger partial charge >= 0.3 is 0 Å². The smallest absolute Gasteiger partial charge is 0.187 e. The first-order valence-electron chi connectivity index (χ1n) is 4.62. The van der Waals surface area contributed by atoms with Crippen molar-refractivity contribution in [2.45, 2.75) is 19.9 Å². The van der Waals surface area contributed by atoms with Gasteiger partial charge < -0.3 is 15.4 Å². The highest BCUT2D eigenvalue weighted by atomic mass is 32.1. The molecule has 4 nitrogen and oxygen atoms in total. The van der Waals surface area contributed by atoms with E-state index in [4.69, 9.17) is 10.5 Å². The van der Waals surface area contributed by atoms with Crippen molar-refractivity contribution in [3.8, 4) is 0 Å². The van der Waals surface area contributed by atoms with Crippen LogP contribution in [-0.4, -0.2) is 31.3 Å². The third kappa shape index (κ3) is 2.85. The third-order valence-electron chi connectivity index (χ3n) is 1.92. The topological polar surface area (TPSA) is 51.4 Å². The minimum absolute atomic E-state index is 0.413. The predicted molar refractivity (Wildman–Crippen MR) is 60.9 cm³/mol. The van der Waals surface area contributed by atoms with Gasteiger partial charge in [0.05, 0.1) is 12.8 Å². The summed E-state index contributed by atoms with van der Waals surface area (Å²) in [4.78, 5) is 6.44. The van der Waals surface area contributed by atoms with Gasteiger partial charge in [0, 0.05) is 19.7 Å². The molecule has 0 aliphatic heterocycles. The van der Waals surface area contributed by atoms with Crippen molar-refractivity contribution < 1.29 is 4.74 Å². The van der Waals surface area contributed by atoms with E-state index in [0.717, 1.165) is 16.7 Å². The number of hydrogen-bond acceptors (Lipinski definition) is 5. The van der Waals surface area contributed by atoms with Gasteiger partial charge in [-0.05, 0) is 13.8 Å². The zero-order valence-corrected chi connectivity index (χ0v) is 9.67. The first-order valence-corrected chi connectivity index (χ1v) is 5.43. The van der Waals surface area contributed by atoms with Gasteiger partial charge in [-0.15, -0.1) is 0 Å². The van der Waals surface area contributed by atoms with Crippen LogP contribution in [0.15, 0.2) is 6.20 Å². The first kappa shape index (κ1) is 11.3. The van der Waals surface area contributed by atoms with Crippen molar-refractivity contribution >= 4 is 21.5 Å². The maximum Gasteiger partial charge on any atom is 0.187 e. The Morgan fingerprint density at radius 1 is 1.64 bits per heavy atom. The van der Waals surface area contributed by atoms with Crippen LogP contribution in [0.1, 0.15) is 13.8 Å². The van der Waals surface area contributed by atoms with Crippen LogP contribution in [0, 0.1) is 0 Å². The largest absolute Gasteiger partial charge is 0.389 e. The lowest BCUT2D eigenvalue weighted by molar-refractivity contribution is 0.204. The molecule has 0 aliphatic carbocycles. The number of rotatable bonds is 5. The Morgan fingerprint density at radius 3 is 2.79 bits per heavy atom. The predicted octanol–water partition coefficient (Wildman–Crippen LogP) is 1.59. The zero-order chi connectivity index (χ0) is 10.6. The van der Waals surface area contributed by atoms with Crippen molar-refractivity contribution in [2.75, 3.05) is 30.9 Å². The van der Waals surface area contributed by atoms with E-state index in [2.05, 4.69) is 23.7 Å². The molecule has 5 heteroatoms. The normalized spacial score (nSPS) is 10.9. The lowest BCUT2D eigenvalue weighted by Crippen LogP contribution is -2.33. The van der Waals surface area contributed by atoms with E-state index in [1.807, 2.05) is 0 Å². The Kier molecular flexibility index (Phi) is 4.16. The molecule has 0 bridgehead atoms. The summed E-state index contributed by atoms with van der Waals surface area (Å²) in [5.74, 6) is 0. The van der Waals surface area contributed by atoms with Gasteiger partial charge in [-0.1, -0.05) is 11.3 Å². The minimum atomic E-state index is 0.413. The highest BCUT2D eigenvalue weighted by molar-refractivity contribution is 7.19. The summed E-state index contributed by atoms with van der Waals surface area (Å²) in [7, 11) is 1.70. The third-order valence-corrected chi connectivity index (χ3v) is 2.78. The molecule has 80 valence electrons. The van der Waals surface area contributed by atoms with Crippen molar-refractivity contribution in [3.05, 3.63) is 6.20 Å². The highest BCUT2D eigenvalue weighted by Gasteiger charge is 2.13. The molecular weight excluding hydrogens is 198 g/mol. The van der Waals surface area contributed by atoms with Gasteiger partial charge in [0.25, 0.3) is 0 Å². The second-order valence-corrected chi connectivity index (χ2v) is 4.37. The fourth-order valence-electron chi connectivity index (χ4n) is 1.17. The summed E-state index contributed by atoms with van der Waals surface area (Å²) < 4.78 is 5.05. The average molecular weight is 215 g/mol. The van der Waals surface area contributed by atoms with Gasteiger partial charge in [-0.3, -0.25) is 0 Å². The van der Waals surface area contributed by atoms with Crippen LogP contribution in [0.25, 0.3) is 0 Å². The van der Waals surface area contributed by atoms with Crippen LogP contribution in [0.3, 0.4) is 0 Å². The van der Waals surface area contributed by atoms with Crippen LogP contribution >= 0.6 is 11.3 Å². The van der Waals surface area contributed by atoms with E-state index in [-0.39, 0.29) is 0 Å². The molecule has 0 saturated carbocycles. The lowest BCUT2D eigenvalue weighted by atomic mass is 10.3. The van der Waals surface area contributed by atoms with E-state index in [0.29, 0.717) is 12.6 Å². The highest BCUT2D eigenvalue weighted by Crippen LogP contribution is 2.25. The molecule has 0 radical (unpaired) electrons.